The van der Waals surface area contributed by atoms with Crippen LogP contribution in [-0.2, 0) is 0 Å². The summed E-state index contributed by atoms with van der Waals surface area (Å²) >= 11 is 1.99. The molecule has 0 saturated carbocycles. The maximum Gasteiger partial charge on any atom is 0.0226 e. The molecule has 1 rings (SSSR count). The van der Waals surface area contributed by atoms with Gasteiger partial charge < -0.3 is 10.6 Å². The van der Waals surface area contributed by atoms with E-state index in [1.807, 2.05) is 11.8 Å². The van der Waals surface area contributed by atoms with Gasteiger partial charge in [-0.05, 0) is 39.5 Å². The van der Waals surface area contributed by atoms with Crippen molar-refractivity contribution in [3.8, 4) is 0 Å². The molecule has 3 heteroatoms. The Labute approximate surface area is 86.2 Å². The number of rotatable bonds is 3. The first-order valence-corrected chi connectivity index (χ1v) is 6.34. The summed E-state index contributed by atoms with van der Waals surface area (Å²) in [5.74, 6) is 0. The second kappa shape index (κ2) is 4.67. The van der Waals surface area contributed by atoms with Gasteiger partial charge in [0.05, 0.1) is 0 Å². The molecule has 0 aromatic carbocycles. The highest BCUT2D eigenvalue weighted by molar-refractivity contribution is 7.99. The van der Waals surface area contributed by atoms with E-state index in [0.717, 1.165) is 11.8 Å². The lowest BCUT2D eigenvalue weighted by Crippen LogP contribution is -2.49. The maximum atomic E-state index is 6.00. The normalized spacial score (nSPS) is 26.3. The summed E-state index contributed by atoms with van der Waals surface area (Å²) in [5.41, 5.74) is 5.96. The van der Waals surface area contributed by atoms with Gasteiger partial charge in [-0.2, -0.15) is 11.8 Å². The number of nitrogens with zero attached hydrogens (tertiary/aromatic N) is 1. The molecule has 0 radical (unpaired) electrons. The van der Waals surface area contributed by atoms with Crippen LogP contribution in [0.2, 0.25) is 0 Å². The lowest BCUT2D eigenvalue weighted by atomic mass is 10.0. The Morgan fingerprint density at radius 2 is 2.23 bits per heavy atom. The molecule has 1 fully saturated rings. The van der Waals surface area contributed by atoms with Crippen LogP contribution in [0.15, 0.2) is 0 Å². The molecule has 13 heavy (non-hydrogen) atoms. The molecule has 78 valence electrons. The molecule has 1 atom stereocenters. The fourth-order valence-electron chi connectivity index (χ4n) is 1.93. The van der Waals surface area contributed by atoms with E-state index in [2.05, 4.69) is 25.0 Å². The molecular formula is C10H22N2S. The average Bonchev–Trinajstić information content (AvgIpc) is 2.01. The summed E-state index contributed by atoms with van der Waals surface area (Å²) in [5, 5.41) is 0.830. The van der Waals surface area contributed by atoms with Crippen molar-refractivity contribution in [2.75, 3.05) is 25.9 Å². The summed E-state index contributed by atoms with van der Waals surface area (Å²) in [7, 11) is 0. The van der Waals surface area contributed by atoms with Crippen molar-refractivity contribution in [3.63, 3.8) is 0 Å². The van der Waals surface area contributed by atoms with E-state index in [4.69, 9.17) is 5.73 Å². The molecule has 0 bridgehead atoms. The monoisotopic (exact) mass is 202 g/mol. The number of hydrogen-bond acceptors (Lipinski definition) is 3. The van der Waals surface area contributed by atoms with Crippen LogP contribution in [-0.4, -0.2) is 41.6 Å². The first kappa shape index (κ1) is 11.3. The van der Waals surface area contributed by atoms with Crippen LogP contribution in [0, 0.1) is 0 Å². The number of hydrogen-bond donors (Lipinski definition) is 1. The molecule has 0 aromatic rings. The minimum absolute atomic E-state index is 0.0414. The molecule has 2 nitrogen and oxygen atoms in total. The van der Waals surface area contributed by atoms with Gasteiger partial charge in [-0.1, -0.05) is 0 Å². The lowest BCUT2D eigenvalue weighted by Gasteiger charge is -2.35. The Hall–Kier alpha value is 0.270. The van der Waals surface area contributed by atoms with E-state index >= 15 is 0 Å². The average molecular weight is 202 g/mol. The van der Waals surface area contributed by atoms with Crippen molar-refractivity contribution in [2.45, 2.75) is 37.5 Å². The van der Waals surface area contributed by atoms with Gasteiger partial charge in [0, 0.05) is 23.9 Å². The van der Waals surface area contributed by atoms with Gasteiger partial charge >= 0.3 is 0 Å². The molecule has 0 aliphatic carbocycles. The number of thioether (sulfide) groups is 1. The third-order valence-electron chi connectivity index (χ3n) is 2.43. The third-order valence-corrected chi connectivity index (χ3v) is 3.48. The van der Waals surface area contributed by atoms with Crippen LogP contribution in [0.25, 0.3) is 0 Å². The predicted octanol–water partition coefficient (Wildman–Crippen LogP) is 1.55. The second-order valence-corrected chi connectivity index (χ2v) is 5.86. The molecular weight excluding hydrogens is 180 g/mol. The third kappa shape index (κ3) is 4.34. The quantitative estimate of drug-likeness (QED) is 0.753. The van der Waals surface area contributed by atoms with Crippen molar-refractivity contribution in [1.82, 2.24) is 4.90 Å². The Bertz CT molecular complexity index is 153. The van der Waals surface area contributed by atoms with E-state index in [-0.39, 0.29) is 5.54 Å². The van der Waals surface area contributed by atoms with E-state index in [0.29, 0.717) is 0 Å². The van der Waals surface area contributed by atoms with E-state index in [1.54, 1.807) is 0 Å². The van der Waals surface area contributed by atoms with Crippen molar-refractivity contribution >= 4 is 11.8 Å². The second-order valence-electron chi connectivity index (χ2n) is 4.72. The molecule has 1 heterocycles. The maximum absolute atomic E-state index is 6.00. The van der Waals surface area contributed by atoms with E-state index in [9.17, 15) is 0 Å². The lowest BCUT2D eigenvalue weighted by molar-refractivity contribution is 0.196. The summed E-state index contributed by atoms with van der Waals surface area (Å²) in [6.45, 7) is 7.70. The van der Waals surface area contributed by atoms with Crippen LogP contribution in [0.4, 0.5) is 0 Å². The van der Waals surface area contributed by atoms with Crippen molar-refractivity contribution < 1.29 is 0 Å². The predicted molar refractivity (Wildman–Crippen MR) is 61.2 cm³/mol. The summed E-state index contributed by atoms with van der Waals surface area (Å²) in [6.07, 6.45) is 4.92. The molecule has 1 aliphatic heterocycles. The first-order chi connectivity index (χ1) is 6.01. The zero-order chi connectivity index (χ0) is 9.90. The summed E-state index contributed by atoms with van der Waals surface area (Å²) < 4.78 is 0. The van der Waals surface area contributed by atoms with Crippen molar-refractivity contribution in [3.05, 3.63) is 0 Å². The first-order valence-electron chi connectivity index (χ1n) is 5.05. The molecule has 1 unspecified atom stereocenters. The van der Waals surface area contributed by atoms with Gasteiger partial charge in [-0.3, -0.25) is 0 Å². The smallest absolute Gasteiger partial charge is 0.0226 e. The van der Waals surface area contributed by atoms with Gasteiger partial charge in [0.15, 0.2) is 0 Å². The van der Waals surface area contributed by atoms with Gasteiger partial charge in [0.1, 0.15) is 0 Å². The zero-order valence-electron chi connectivity index (χ0n) is 9.05. The van der Waals surface area contributed by atoms with Crippen LogP contribution < -0.4 is 5.73 Å². The standard InChI is InChI=1S/C10H22N2S/c1-10(2,11)8-12-6-4-5-9(7-12)13-3/h9H,4-8,11H2,1-3H3. The van der Waals surface area contributed by atoms with Gasteiger partial charge in [0.25, 0.3) is 0 Å². The molecule has 1 aliphatic rings. The highest BCUT2D eigenvalue weighted by Gasteiger charge is 2.22. The Morgan fingerprint density at radius 3 is 2.77 bits per heavy atom. The minimum Gasteiger partial charge on any atom is -0.324 e. The molecule has 0 spiro atoms. The van der Waals surface area contributed by atoms with Gasteiger partial charge in [-0.25, -0.2) is 0 Å². The molecule has 2 N–H and O–H groups in total. The Balaban J connectivity index is 2.34. The largest absolute Gasteiger partial charge is 0.324 e. The number of likely N-dealkylation sites (tertiary alicyclic amines) is 1. The van der Waals surface area contributed by atoms with Crippen molar-refractivity contribution in [1.29, 1.82) is 0 Å². The fourth-order valence-corrected chi connectivity index (χ4v) is 2.69. The van der Waals surface area contributed by atoms with E-state index < -0.39 is 0 Å². The number of piperidine rings is 1. The van der Waals surface area contributed by atoms with Gasteiger partial charge in [-0.15, -0.1) is 0 Å². The Kier molecular flexibility index (Phi) is 4.07. The minimum atomic E-state index is -0.0414. The van der Waals surface area contributed by atoms with Crippen LogP contribution in [0.1, 0.15) is 26.7 Å². The highest BCUT2D eigenvalue weighted by atomic mass is 32.2. The van der Waals surface area contributed by atoms with Gasteiger partial charge in [0.2, 0.25) is 0 Å². The number of nitrogens with two attached hydrogens (primary N) is 1. The van der Waals surface area contributed by atoms with Crippen LogP contribution >= 0.6 is 11.8 Å². The fraction of sp³-hybridized carbons (Fsp3) is 1.00. The summed E-state index contributed by atoms with van der Waals surface area (Å²) in [6, 6.07) is 0. The molecule has 1 saturated heterocycles. The van der Waals surface area contributed by atoms with E-state index in [1.165, 1.54) is 25.9 Å². The highest BCUT2D eigenvalue weighted by Crippen LogP contribution is 2.20. The van der Waals surface area contributed by atoms with Crippen molar-refractivity contribution in [2.24, 2.45) is 5.73 Å². The van der Waals surface area contributed by atoms with Crippen LogP contribution in [0.5, 0.6) is 0 Å². The summed E-state index contributed by atoms with van der Waals surface area (Å²) in [4.78, 5) is 2.50. The molecule has 0 aromatic heterocycles. The Morgan fingerprint density at radius 1 is 1.54 bits per heavy atom. The molecule has 0 amide bonds. The SMILES string of the molecule is CSC1CCCN(CC(C)(C)N)C1. The topological polar surface area (TPSA) is 29.3 Å². The zero-order valence-corrected chi connectivity index (χ0v) is 9.86. The van der Waals surface area contributed by atoms with Crippen LogP contribution in [0.3, 0.4) is 0 Å².